The van der Waals surface area contributed by atoms with Crippen LogP contribution in [-0.4, -0.2) is 40.9 Å². The summed E-state index contributed by atoms with van der Waals surface area (Å²) in [5.74, 6) is -0.613. The van der Waals surface area contributed by atoms with Crippen molar-refractivity contribution in [1.29, 1.82) is 0 Å². The molecule has 2 aliphatic rings. The van der Waals surface area contributed by atoms with Gasteiger partial charge in [-0.2, -0.15) is 0 Å². The maximum Gasteiger partial charge on any atom is 0.306 e. The van der Waals surface area contributed by atoms with Gasteiger partial charge < -0.3 is 9.47 Å². The fraction of sp³-hybridized carbons (Fsp3) is 0.476. The molecule has 1 heterocycles. The smallest absolute Gasteiger partial charge is 0.306 e. The number of carbonyl (C=O) groups excluding carboxylic acids is 3. The first-order valence-corrected chi connectivity index (χ1v) is 9.34. The SMILES string of the molecule is CC(C)(C)OC(=O)CC/C(=C/F)COc1ccc2c(c1)C(=O)N(C1CC1)C2=O. The number of benzene rings is 1. The largest absolute Gasteiger partial charge is 0.489 e. The average molecular weight is 389 g/mol. The molecule has 2 amide bonds. The molecule has 0 N–H and O–H groups in total. The van der Waals surface area contributed by atoms with Crippen molar-refractivity contribution in [3.63, 3.8) is 0 Å². The van der Waals surface area contributed by atoms with Gasteiger partial charge in [0.25, 0.3) is 11.8 Å². The predicted molar refractivity (Wildman–Crippen MR) is 99.7 cm³/mol. The number of esters is 1. The van der Waals surface area contributed by atoms with Gasteiger partial charge in [0.05, 0.1) is 17.5 Å². The van der Waals surface area contributed by atoms with Crippen LogP contribution in [0, 0.1) is 0 Å². The number of nitrogens with zero attached hydrogens (tertiary/aromatic N) is 1. The van der Waals surface area contributed by atoms with E-state index in [0.717, 1.165) is 12.8 Å². The Morgan fingerprint density at radius 3 is 2.46 bits per heavy atom. The Morgan fingerprint density at radius 1 is 1.18 bits per heavy atom. The van der Waals surface area contributed by atoms with Crippen molar-refractivity contribution in [3.05, 3.63) is 41.2 Å². The Hall–Kier alpha value is -2.70. The fourth-order valence-electron chi connectivity index (χ4n) is 2.98. The van der Waals surface area contributed by atoms with Crippen molar-refractivity contribution < 1.29 is 28.2 Å². The zero-order valence-corrected chi connectivity index (χ0v) is 16.3. The number of ether oxygens (including phenoxy) is 2. The van der Waals surface area contributed by atoms with Crippen molar-refractivity contribution in [2.45, 2.75) is 58.1 Å². The van der Waals surface area contributed by atoms with E-state index in [-0.39, 0.29) is 37.3 Å². The van der Waals surface area contributed by atoms with E-state index < -0.39 is 11.6 Å². The average Bonchev–Trinajstić information content (AvgIpc) is 3.41. The standard InChI is InChI=1S/C21H24FNO5/c1-21(2,3)28-18(24)9-4-13(11-22)12-27-15-7-8-16-17(10-15)20(26)23(19(16)25)14-5-6-14/h7-8,10-11,14H,4-6,9,12H2,1-3H3/b13-11-. The van der Waals surface area contributed by atoms with Crippen molar-refractivity contribution in [2.75, 3.05) is 6.61 Å². The van der Waals surface area contributed by atoms with E-state index in [1.165, 1.54) is 11.0 Å². The van der Waals surface area contributed by atoms with Crippen LogP contribution in [0.1, 0.15) is 67.2 Å². The van der Waals surface area contributed by atoms with Crippen LogP contribution in [-0.2, 0) is 9.53 Å². The third-order valence-corrected chi connectivity index (χ3v) is 4.45. The molecule has 1 fully saturated rings. The predicted octanol–water partition coefficient (Wildman–Crippen LogP) is 3.80. The van der Waals surface area contributed by atoms with Crippen LogP contribution in [0.15, 0.2) is 30.1 Å². The van der Waals surface area contributed by atoms with Gasteiger partial charge in [-0.25, -0.2) is 4.39 Å². The maximum atomic E-state index is 13.1. The van der Waals surface area contributed by atoms with Crippen LogP contribution in [0.5, 0.6) is 5.75 Å². The fourth-order valence-corrected chi connectivity index (χ4v) is 2.98. The summed E-state index contributed by atoms with van der Waals surface area (Å²) in [6.07, 6.45) is 2.32. The Bertz CT molecular complexity index is 836. The second-order valence-electron chi connectivity index (χ2n) is 8.06. The second-order valence-corrected chi connectivity index (χ2v) is 8.06. The third kappa shape index (κ3) is 4.58. The Balaban J connectivity index is 1.57. The molecule has 0 saturated heterocycles. The first-order valence-electron chi connectivity index (χ1n) is 9.34. The number of hydrogen-bond acceptors (Lipinski definition) is 5. The molecule has 1 aliphatic carbocycles. The maximum absolute atomic E-state index is 13.1. The van der Waals surface area contributed by atoms with Gasteiger partial charge in [0.15, 0.2) is 0 Å². The molecule has 1 saturated carbocycles. The molecule has 0 atom stereocenters. The summed E-state index contributed by atoms with van der Waals surface area (Å²) in [4.78, 5) is 37.8. The highest BCUT2D eigenvalue weighted by atomic mass is 19.1. The van der Waals surface area contributed by atoms with Crippen molar-refractivity contribution in [2.24, 2.45) is 0 Å². The summed E-state index contributed by atoms with van der Waals surface area (Å²) in [5, 5.41) is 0. The van der Waals surface area contributed by atoms with Crippen molar-refractivity contribution in [3.8, 4) is 5.75 Å². The van der Waals surface area contributed by atoms with E-state index in [1.54, 1.807) is 32.9 Å². The normalized spacial score (nSPS) is 17.0. The van der Waals surface area contributed by atoms with Gasteiger partial charge in [0.2, 0.25) is 0 Å². The van der Waals surface area contributed by atoms with Crippen LogP contribution in [0.25, 0.3) is 0 Å². The van der Waals surface area contributed by atoms with Crippen LogP contribution >= 0.6 is 0 Å². The van der Waals surface area contributed by atoms with Gasteiger partial charge in [0, 0.05) is 12.5 Å². The highest BCUT2D eigenvalue weighted by molar-refractivity contribution is 6.21. The third-order valence-electron chi connectivity index (χ3n) is 4.45. The molecule has 6 nitrogen and oxygen atoms in total. The Labute approximate surface area is 163 Å². The second kappa shape index (κ2) is 7.73. The van der Waals surface area contributed by atoms with E-state index in [2.05, 4.69) is 0 Å². The van der Waals surface area contributed by atoms with E-state index in [0.29, 0.717) is 28.8 Å². The van der Waals surface area contributed by atoms with E-state index in [4.69, 9.17) is 9.47 Å². The van der Waals surface area contributed by atoms with Crippen molar-refractivity contribution in [1.82, 2.24) is 4.90 Å². The van der Waals surface area contributed by atoms with Crippen LogP contribution < -0.4 is 4.74 Å². The molecule has 0 spiro atoms. The van der Waals surface area contributed by atoms with Crippen LogP contribution in [0.4, 0.5) is 4.39 Å². The van der Waals surface area contributed by atoms with Gasteiger partial charge in [-0.3, -0.25) is 19.3 Å². The summed E-state index contributed by atoms with van der Waals surface area (Å²) in [5.41, 5.74) is 0.397. The molecule has 0 unspecified atom stereocenters. The lowest BCUT2D eigenvalue weighted by molar-refractivity contribution is -0.154. The van der Waals surface area contributed by atoms with Gasteiger partial charge in [-0.1, -0.05) is 0 Å². The number of imide groups is 1. The van der Waals surface area contributed by atoms with E-state index >= 15 is 0 Å². The molecule has 1 aromatic carbocycles. The number of carbonyl (C=O) groups is 3. The summed E-state index contributed by atoms with van der Waals surface area (Å²) in [7, 11) is 0. The molecule has 150 valence electrons. The lowest BCUT2D eigenvalue weighted by Crippen LogP contribution is -2.31. The monoisotopic (exact) mass is 389 g/mol. The molecule has 1 aliphatic heterocycles. The highest BCUT2D eigenvalue weighted by Gasteiger charge is 2.44. The molecule has 7 heteroatoms. The molecule has 3 rings (SSSR count). The molecule has 28 heavy (non-hydrogen) atoms. The first-order chi connectivity index (χ1) is 13.2. The molecule has 0 aromatic heterocycles. The zero-order valence-electron chi connectivity index (χ0n) is 16.3. The highest BCUT2D eigenvalue weighted by Crippen LogP contribution is 2.35. The van der Waals surface area contributed by atoms with Gasteiger partial charge in [-0.15, -0.1) is 0 Å². The van der Waals surface area contributed by atoms with Crippen LogP contribution in [0.2, 0.25) is 0 Å². The Morgan fingerprint density at radius 2 is 1.86 bits per heavy atom. The van der Waals surface area contributed by atoms with E-state index in [1.807, 2.05) is 0 Å². The summed E-state index contributed by atoms with van der Waals surface area (Å²) in [6, 6.07) is 4.67. The lowest BCUT2D eigenvalue weighted by atomic mass is 10.1. The number of hydrogen-bond donors (Lipinski definition) is 0. The van der Waals surface area contributed by atoms with Crippen molar-refractivity contribution >= 4 is 17.8 Å². The molecule has 0 bridgehead atoms. The topological polar surface area (TPSA) is 72.9 Å². The summed E-state index contributed by atoms with van der Waals surface area (Å²) in [6.45, 7) is 5.24. The number of rotatable bonds is 7. The van der Waals surface area contributed by atoms with Gasteiger partial charge in [0.1, 0.15) is 18.0 Å². The molecular weight excluding hydrogens is 365 g/mol. The first kappa shape index (κ1) is 20.0. The van der Waals surface area contributed by atoms with Gasteiger partial charge in [-0.05, 0) is 63.8 Å². The quantitative estimate of drug-likeness (QED) is 0.524. The van der Waals surface area contributed by atoms with Gasteiger partial charge >= 0.3 is 5.97 Å². The summed E-state index contributed by atoms with van der Waals surface area (Å²) >= 11 is 0. The zero-order chi connectivity index (χ0) is 20.5. The minimum atomic E-state index is -0.587. The Kier molecular flexibility index (Phi) is 5.54. The molecule has 1 aromatic rings. The minimum absolute atomic E-state index is 0.00527. The molecule has 0 radical (unpaired) electrons. The lowest BCUT2D eigenvalue weighted by Gasteiger charge is -2.19. The number of amides is 2. The number of fused-ring (bicyclic) bond motifs is 1. The minimum Gasteiger partial charge on any atom is -0.489 e. The number of halogens is 1. The van der Waals surface area contributed by atoms with E-state index in [9.17, 15) is 18.8 Å². The summed E-state index contributed by atoms with van der Waals surface area (Å²) < 4.78 is 23.9. The van der Waals surface area contributed by atoms with Crippen LogP contribution in [0.3, 0.4) is 0 Å². The molecular formula is C21H24FNO5.